The van der Waals surface area contributed by atoms with Gasteiger partial charge in [0, 0.05) is 23.6 Å². The smallest absolute Gasteiger partial charge is 0.251 e. The lowest BCUT2D eigenvalue weighted by Gasteiger charge is -2.06. The average Bonchev–Trinajstić information content (AvgIpc) is 2.61. The summed E-state index contributed by atoms with van der Waals surface area (Å²) < 4.78 is 13.2. The maximum atomic E-state index is 13.2. The summed E-state index contributed by atoms with van der Waals surface area (Å²) in [5.41, 5.74) is 1.76. The number of H-pyrrole nitrogens is 1. The predicted molar refractivity (Wildman–Crippen MR) is 101 cm³/mol. The highest BCUT2D eigenvalue weighted by molar-refractivity contribution is 6.30. The molecule has 1 aromatic heterocycles. The number of carbonyl (C=O) groups excluding carboxylic acids is 1. The SMILES string of the molecule is O=C(CCc1cc2ccc(F)cc2[nH]c1=O)NCCc1ccc(Cl)cc1. The number of hydrogen-bond donors (Lipinski definition) is 2. The van der Waals surface area contributed by atoms with Crippen molar-refractivity contribution < 1.29 is 9.18 Å². The fourth-order valence-electron chi connectivity index (χ4n) is 2.74. The lowest BCUT2D eigenvalue weighted by molar-refractivity contribution is -0.121. The number of pyridine rings is 1. The fraction of sp³-hybridized carbons (Fsp3) is 0.200. The van der Waals surface area contributed by atoms with Crippen LogP contribution in [0.15, 0.2) is 53.3 Å². The second-order valence-electron chi connectivity index (χ2n) is 6.08. The van der Waals surface area contributed by atoms with Crippen molar-refractivity contribution in [3.8, 4) is 0 Å². The quantitative estimate of drug-likeness (QED) is 0.694. The number of aromatic nitrogens is 1. The number of hydrogen-bond acceptors (Lipinski definition) is 2. The first kappa shape index (κ1) is 18.1. The van der Waals surface area contributed by atoms with E-state index in [0.717, 1.165) is 10.9 Å². The summed E-state index contributed by atoms with van der Waals surface area (Å²) >= 11 is 5.84. The molecule has 0 fully saturated rings. The molecule has 3 aromatic rings. The van der Waals surface area contributed by atoms with Gasteiger partial charge in [-0.2, -0.15) is 0 Å². The fourth-order valence-corrected chi connectivity index (χ4v) is 2.86. The maximum absolute atomic E-state index is 13.2. The number of aryl methyl sites for hydroxylation is 1. The Labute approximate surface area is 155 Å². The second-order valence-corrected chi connectivity index (χ2v) is 6.52. The molecule has 0 radical (unpaired) electrons. The van der Waals surface area contributed by atoms with E-state index in [1.165, 1.54) is 12.1 Å². The molecule has 4 nitrogen and oxygen atoms in total. The van der Waals surface area contributed by atoms with E-state index in [1.54, 1.807) is 12.1 Å². The molecule has 0 unspecified atom stereocenters. The summed E-state index contributed by atoms with van der Waals surface area (Å²) in [6.45, 7) is 0.522. The monoisotopic (exact) mass is 372 g/mol. The molecular formula is C20H18ClFN2O2. The molecule has 0 aliphatic heterocycles. The molecule has 0 aliphatic carbocycles. The third-order valence-corrected chi connectivity index (χ3v) is 4.41. The van der Waals surface area contributed by atoms with Crippen molar-refractivity contribution in [2.45, 2.75) is 19.3 Å². The van der Waals surface area contributed by atoms with Crippen LogP contribution in [0.25, 0.3) is 10.9 Å². The topological polar surface area (TPSA) is 62.0 Å². The Kier molecular flexibility index (Phi) is 5.68. The van der Waals surface area contributed by atoms with Gasteiger partial charge >= 0.3 is 0 Å². The van der Waals surface area contributed by atoms with Crippen molar-refractivity contribution in [2.75, 3.05) is 6.54 Å². The maximum Gasteiger partial charge on any atom is 0.251 e. The van der Waals surface area contributed by atoms with E-state index in [4.69, 9.17) is 11.6 Å². The zero-order chi connectivity index (χ0) is 18.5. The Morgan fingerprint density at radius 1 is 1.08 bits per heavy atom. The van der Waals surface area contributed by atoms with Gasteiger partial charge in [-0.15, -0.1) is 0 Å². The van der Waals surface area contributed by atoms with E-state index in [2.05, 4.69) is 10.3 Å². The van der Waals surface area contributed by atoms with E-state index in [-0.39, 0.29) is 17.9 Å². The van der Waals surface area contributed by atoms with E-state index in [9.17, 15) is 14.0 Å². The standard InChI is InChI=1S/C20H18ClFN2O2/c21-16-5-1-13(2-6-16)9-10-23-19(25)8-4-15-11-14-3-7-17(22)12-18(14)24-20(15)26/h1-3,5-7,11-12H,4,8-10H2,(H,23,25)(H,24,26). The first-order chi connectivity index (χ1) is 12.5. The van der Waals surface area contributed by atoms with Crippen molar-refractivity contribution in [1.82, 2.24) is 10.3 Å². The van der Waals surface area contributed by atoms with Crippen LogP contribution in [0.4, 0.5) is 4.39 Å². The van der Waals surface area contributed by atoms with Gasteiger partial charge < -0.3 is 10.3 Å². The number of nitrogens with one attached hydrogen (secondary N) is 2. The highest BCUT2D eigenvalue weighted by atomic mass is 35.5. The minimum atomic E-state index is -0.402. The van der Waals surface area contributed by atoms with Crippen LogP contribution in [0.1, 0.15) is 17.5 Å². The second kappa shape index (κ2) is 8.15. The van der Waals surface area contributed by atoms with Crippen LogP contribution in [0, 0.1) is 5.82 Å². The lowest BCUT2D eigenvalue weighted by Crippen LogP contribution is -2.26. The van der Waals surface area contributed by atoms with Crippen molar-refractivity contribution >= 4 is 28.4 Å². The lowest BCUT2D eigenvalue weighted by atomic mass is 10.1. The summed E-state index contributed by atoms with van der Waals surface area (Å²) in [5, 5.41) is 4.27. The van der Waals surface area contributed by atoms with Crippen LogP contribution in [0.5, 0.6) is 0 Å². The zero-order valence-corrected chi connectivity index (χ0v) is 14.8. The van der Waals surface area contributed by atoms with Crippen LogP contribution < -0.4 is 10.9 Å². The van der Waals surface area contributed by atoms with Crippen molar-refractivity contribution in [3.63, 3.8) is 0 Å². The first-order valence-corrected chi connectivity index (χ1v) is 8.72. The number of halogens is 2. The Balaban J connectivity index is 1.53. The van der Waals surface area contributed by atoms with Gasteiger partial charge in [0.2, 0.25) is 5.91 Å². The van der Waals surface area contributed by atoms with Crippen molar-refractivity contribution in [3.05, 3.63) is 80.9 Å². The first-order valence-electron chi connectivity index (χ1n) is 8.34. The van der Waals surface area contributed by atoms with E-state index >= 15 is 0 Å². The van der Waals surface area contributed by atoms with Crippen LogP contribution in [0.3, 0.4) is 0 Å². The minimum Gasteiger partial charge on any atom is -0.356 e. The van der Waals surface area contributed by atoms with Gasteiger partial charge in [-0.25, -0.2) is 4.39 Å². The van der Waals surface area contributed by atoms with Gasteiger partial charge in [0.15, 0.2) is 0 Å². The van der Waals surface area contributed by atoms with Gasteiger partial charge in [0.05, 0.1) is 5.52 Å². The van der Waals surface area contributed by atoms with E-state index in [0.29, 0.717) is 35.5 Å². The molecule has 1 heterocycles. The third kappa shape index (κ3) is 4.70. The molecule has 0 spiro atoms. The van der Waals surface area contributed by atoms with Crippen molar-refractivity contribution in [1.29, 1.82) is 0 Å². The van der Waals surface area contributed by atoms with Gasteiger partial charge in [0.1, 0.15) is 5.82 Å². The normalized spacial score (nSPS) is 10.8. The molecule has 0 aliphatic rings. The molecule has 2 N–H and O–H groups in total. The summed E-state index contributed by atoms with van der Waals surface area (Å²) in [7, 11) is 0. The number of carbonyl (C=O) groups is 1. The van der Waals surface area contributed by atoms with Gasteiger partial charge in [-0.05, 0) is 60.2 Å². The largest absolute Gasteiger partial charge is 0.356 e. The molecule has 2 aromatic carbocycles. The van der Waals surface area contributed by atoms with Gasteiger partial charge in [-0.1, -0.05) is 23.7 Å². The van der Waals surface area contributed by atoms with Crippen LogP contribution >= 0.6 is 11.6 Å². The molecule has 0 atom stereocenters. The Morgan fingerprint density at radius 3 is 2.62 bits per heavy atom. The third-order valence-electron chi connectivity index (χ3n) is 4.16. The molecule has 0 saturated carbocycles. The number of rotatable bonds is 6. The number of benzene rings is 2. The van der Waals surface area contributed by atoms with Crippen LogP contribution in [-0.4, -0.2) is 17.4 Å². The molecule has 134 valence electrons. The average molecular weight is 373 g/mol. The highest BCUT2D eigenvalue weighted by Crippen LogP contribution is 2.13. The van der Waals surface area contributed by atoms with Gasteiger partial charge in [0.25, 0.3) is 5.56 Å². The predicted octanol–water partition coefficient (Wildman–Crippen LogP) is 3.61. The molecule has 1 amide bonds. The Hall–Kier alpha value is -2.66. The van der Waals surface area contributed by atoms with E-state index < -0.39 is 5.82 Å². The zero-order valence-electron chi connectivity index (χ0n) is 14.0. The number of fused-ring (bicyclic) bond motifs is 1. The summed E-state index contributed by atoms with van der Waals surface area (Å²) in [5.74, 6) is -0.515. The highest BCUT2D eigenvalue weighted by Gasteiger charge is 2.07. The summed E-state index contributed by atoms with van der Waals surface area (Å²) in [6.07, 6.45) is 1.26. The molecule has 0 bridgehead atoms. The van der Waals surface area contributed by atoms with E-state index in [1.807, 2.05) is 24.3 Å². The number of amides is 1. The summed E-state index contributed by atoms with van der Waals surface area (Å²) in [4.78, 5) is 26.7. The molecule has 3 rings (SSSR count). The molecule has 0 saturated heterocycles. The Bertz CT molecular complexity index is 983. The molecule has 6 heteroatoms. The molecular weight excluding hydrogens is 355 g/mol. The minimum absolute atomic E-state index is 0.113. The number of aromatic amines is 1. The summed E-state index contributed by atoms with van der Waals surface area (Å²) in [6, 6.07) is 13.4. The van der Waals surface area contributed by atoms with Crippen LogP contribution in [-0.2, 0) is 17.6 Å². The van der Waals surface area contributed by atoms with Crippen molar-refractivity contribution in [2.24, 2.45) is 0 Å². The van der Waals surface area contributed by atoms with Gasteiger partial charge in [-0.3, -0.25) is 9.59 Å². The molecule has 26 heavy (non-hydrogen) atoms. The Morgan fingerprint density at radius 2 is 1.85 bits per heavy atom. The van der Waals surface area contributed by atoms with Crippen LogP contribution in [0.2, 0.25) is 5.02 Å².